The lowest BCUT2D eigenvalue weighted by Crippen LogP contribution is -2.33. The molecule has 0 aliphatic carbocycles. The number of imidazole rings is 1. The monoisotopic (exact) mass is 539 g/mol. The third-order valence-corrected chi connectivity index (χ3v) is 6.29. The molecule has 3 aromatic rings. The first kappa shape index (κ1) is 24.6. The summed E-state index contributed by atoms with van der Waals surface area (Å²) >= 11 is 18.4. The average molecular weight is 541 g/mol. The van der Waals surface area contributed by atoms with Gasteiger partial charge < -0.3 is 30.1 Å². The minimum Gasteiger partial charge on any atom is -0.387 e. The number of phosphoric acid groups is 1. The van der Waals surface area contributed by atoms with Crippen LogP contribution in [0.2, 0.25) is 15.1 Å². The molecule has 3 heterocycles. The summed E-state index contributed by atoms with van der Waals surface area (Å²) in [6.45, 7) is -0.424. The number of nitrogens with one attached hydrogen (secondary N) is 1. The van der Waals surface area contributed by atoms with Gasteiger partial charge in [-0.25, -0.2) is 19.5 Å². The summed E-state index contributed by atoms with van der Waals surface area (Å²) in [5, 5.41) is 24.9. The van der Waals surface area contributed by atoms with Gasteiger partial charge >= 0.3 is 7.82 Å². The van der Waals surface area contributed by atoms with Crippen LogP contribution in [0.3, 0.4) is 0 Å². The lowest BCUT2D eigenvalue weighted by atomic mass is 10.1. The van der Waals surface area contributed by atoms with Crippen molar-refractivity contribution >= 4 is 59.6 Å². The van der Waals surface area contributed by atoms with Crippen LogP contribution in [0.1, 0.15) is 11.8 Å². The minimum atomic E-state index is -4.78. The van der Waals surface area contributed by atoms with Gasteiger partial charge in [-0.05, 0) is 12.1 Å². The molecule has 4 rings (SSSR count). The normalized spacial score (nSPS) is 23.4. The van der Waals surface area contributed by atoms with Gasteiger partial charge in [0.25, 0.3) is 0 Å². The van der Waals surface area contributed by atoms with E-state index in [1.165, 1.54) is 17.2 Å². The number of benzene rings is 1. The molecule has 1 fully saturated rings. The molecule has 4 atom stereocenters. The maximum atomic E-state index is 10.9. The van der Waals surface area contributed by atoms with Gasteiger partial charge in [0, 0.05) is 27.2 Å². The second-order valence-corrected chi connectivity index (χ2v) is 9.57. The summed E-state index contributed by atoms with van der Waals surface area (Å²) < 4.78 is 22.3. The van der Waals surface area contributed by atoms with E-state index in [1.54, 1.807) is 12.1 Å². The van der Waals surface area contributed by atoms with Gasteiger partial charge in [-0.3, -0.25) is 9.09 Å². The Hall–Kier alpha value is -1.57. The molecule has 0 amide bonds. The Morgan fingerprint density at radius 2 is 1.82 bits per heavy atom. The predicted molar refractivity (Wildman–Crippen MR) is 118 cm³/mol. The zero-order valence-electron chi connectivity index (χ0n) is 16.4. The zero-order chi connectivity index (χ0) is 23.9. The average Bonchev–Trinajstić information content (AvgIpc) is 3.27. The summed E-state index contributed by atoms with van der Waals surface area (Å²) in [7, 11) is -4.78. The van der Waals surface area contributed by atoms with Crippen LogP contribution < -0.4 is 5.32 Å². The van der Waals surface area contributed by atoms with Crippen LogP contribution in [0.25, 0.3) is 11.2 Å². The first-order valence-corrected chi connectivity index (χ1v) is 12.0. The molecular weight excluding hydrogens is 524 g/mol. The quantitative estimate of drug-likeness (QED) is 0.278. The van der Waals surface area contributed by atoms with Crippen molar-refractivity contribution in [3.05, 3.63) is 45.4 Å². The largest absolute Gasteiger partial charge is 0.469 e. The van der Waals surface area contributed by atoms with Gasteiger partial charge in [0.2, 0.25) is 0 Å². The molecule has 16 heteroatoms. The van der Waals surface area contributed by atoms with E-state index in [0.717, 1.165) is 0 Å². The number of nitrogens with zero attached hydrogens (tertiary/aromatic N) is 4. The summed E-state index contributed by atoms with van der Waals surface area (Å²) in [5.41, 5.74) is 1.20. The Labute approximate surface area is 201 Å². The molecule has 178 valence electrons. The second-order valence-electron chi connectivity index (χ2n) is 7.08. The number of aromatic nitrogens is 4. The van der Waals surface area contributed by atoms with Crippen molar-refractivity contribution in [2.45, 2.75) is 31.1 Å². The van der Waals surface area contributed by atoms with Crippen LogP contribution in [-0.4, -0.2) is 64.4 Å². The molecule has 0 bridgehead atoms. The van der Waals surface area contributed by atoms with Crippen LogP contribution in [-0.2, 0) is 20.4 Å². The van der Waals surface area contributed by atoms with E-state index in [9.17, 15) is 14.8 Å². The molecule has 0 saturated carbocycles. The molecule has 0 radical (unpaired) electrons. The van der Waals surface area contributed by atoms with E-state index < -0.39 is 39.0 Å². The molecule has 0 spiro atoms. The van der Waals surface area contributed by atoms with Crippen molar-refractivity contribution in [1.29, 1.82) is 0 Å². The third-order valence-electron chi connectivity index (χ3n) is 4.92. The number of fused-ring (bicyclic) bond motifs is 1. The number of anilines is 1. The highest BCUT2D eigenvalue weighted by Gasteiger charge is 2.45. The van der Waals surface area contributed by atoms with Crippen molar-refractivity contribution in [3.63, 3.8) is 0 Å². The molecular formula is C17H17Cl3N5O7P. The number of hydrogen-bond donors (Lipinski definition) is 5. The van der Waals surface area contributed by atoms with Crippen LogP contribution >= 0.6 is 42.6 Å². The van der Waals surface area contributed by atoms with Crippen LogP contribution in [0.4, 0.5) is 5.82 Å². The van der Waals surface area contributed by atoms with E-state index in [0.29, 0.717) is 32.0 Å². The predicted octanol–water partition coefficient (Wildman–Crippen LogP) is 2.13. The molecule has 1 aliphatic rings. The molecule has 0 unspecified atom stereocenters. The Morgan fingerprint density at radius 1 is 1.12 bits per heavy atom. The molecule has 12 nitrogen and oxygen atoms in total. The smallest absolute Gasteiger partial charge is 0.387 e. The number of phosphoric ester groups is 1. The van der Waals surface area contributed by atoms with Gasteiger partial charge in [-0.1, -0.05) is 34.8 Å². The topological polar surface area (TPSA) is 172 Å². The molecule has 5 N–H and O–H groups in total. The van der Waals surface area contributed by atoms with Gasteiger partial charge in [-0.15, -0.1) is 0 Å². The maximum Gasteiger partial charge on any atom is 0.469 e. The molecule has 33 heavy (non-hydrogen) atoms. The fourth-order valence-electron chi connectivity index (χ4n) is 3.35. The van der Waals surface area contributed by atoms with Crippen molar-refractivity contribution in [2.24, 2.45) is 0 Å². The Kier molecular flexibility index (Phi) is 7.13. The highest BCUT2D eigenvalue weighted by atomic mass is 35.5. The Balaban J connectivity index is 1.56. The van der Waals surface area contributed by atoms with Gasteiger partial charge in [-0.2, -0.15) is 0 Å². The lowest BCUT2D eigenvalue weighted by molar-refractivity contribution is -0.0504. The molecule has 2 aromatic heterocycles. The number of aliphatic hydroxyl groups is 2. The number of hydrogen-bond acceptors (Lipinski definition) is 9. The summed E-state index contributed by atoms with van der Waals surface area (Å²) in [6, 6.07) is 3.13. The van der Waals surface area contributed by atoms with Crippen molar-refractivity contribution in [3.8, 4) is 0 Å². The van der Waals surface area contributed by atoms with Crippen molar-refractivity contribution < 1.29 is 33.8 Å². The number of aliphatic hydroxyl groups excluding tert-OH is 2. The third kappa shape index (κ3) is 5.25. The fraction of sp³-hybridized carbons (Fsp3) is 0.353. The fourth-order valence-corrected chi connectivity index (χ4v) is 4.64. The minimum absolute atomic E-state index is 0.205. The van der Waals surface area contributed by atoms with Crippen LogP contribution in [0.5, 0.6) is 0 Å². The van der Waals surface area contributed by atoms with E-state index in [4.69, 9.17) is 49.3 Å². The van der Waals surface area contributed by atoms with Gasteiger partial charge in [0.1, 0.15) is 24.6 Å². The van der Waals surface area contributed by atoms with E-state index >= 15 is 0 Å². The Bertz CT molecular complexity index is 1200. The number of ether oxygens (including phenoxy) is 1. The highest BCUT2D eigenvalue weighted by Crippen LogP contribution is 2.39. The summed E-state index contributed by atoms with van der Waals surface area (Å²) in [5.74, 6) is 0.343. The van der Waals surface area contributed by atoms with Gasteiger partial charge in [0.15, 0.2) is 23.2 Å². The standard InChI is InChI=1S/C17H17Cl3N5O7P/c18-7-1-9(19)8(10(20)2-7)3-21-15-12-16(23-5-22-15)25(6-24-12)17-14(27)13(26)11(32-17)4-31-33(28,29)30/h1-2,5-6,11,13-14,17,26-27H,3-4H2,(H,21,22,23)(H2,28,29,30)/t11-,13-,14-,17-/m1/s1. The number of halogens is 3. The van der Waals surface area contributed by atoms with Crippen molar-refractivity contribution in [2.75, 3.05) is 11.9 Å². The molecule has 1 saturated heterocycles. The first-order chi connectivity index (χ1) is 15.5. The molecule has 1 aromatic carbocycles. The molecule has 1 aliphatic heterocycles. The van der Waals surface area contributed by atoms with Crippen LogP contribution in [0, 0.1) is 0 Å². The zero-order valence-corrected chi connectivity index (χ0v) is 19.6. The van der Waals surface area contributed by atoms with E-state index in [2.05, 4.69) is 24.8 Å². The highest BCUT2D eigenvalue weighted by molar-refractivity contribution is 7.46. The first-order valence-electron chi connectivity index (χ1n) is 9.31. The van der Waals surface area contributed by atoms with Gasteiger partial charge in [0.05, 0.1) is 12.9 Å². The number of rotatable bonds is 7. The van der Waals surface area contributed by atoms with E-state index in [1.807, 2.05) is 0 Å². The SMILES string of the molecule is O=P(O)(O)OC[C@H]1O[C@@H](n2cnc3c(NCc4c(Cl)cc(Cl)cc4Cl)ncnc32)[C@H](O)[C@@H]1O. The summed E-state index contributed by atoms with van der Waals surface area (Å²) in [6.07, 6.45) is -2.64. The van der Waals surface area contributed by atoms with Crippen LogP contribution in [0.15, 0.2) is 24.8 Å². The second kappa shape index (κ2) is 9.59. The lowest BCUT2D eigenvalue weighted by Gasteiger charge is -2.16. The Morgan fingerprint density at radius 3 is 2.48 bits per heavy atom. The van der Waals surface area contributed by atoms with Crippen molar-refractivity contribution in [1.82, 2.24) is 19.5 Å². The summed E-state index contributed by atoms with van der Waals surface area (Å²) in [4.78, 5) is 30.3. The maximum absolute atomic E-state index is 10.9. The van der Waals surface area contributed by atoms with E-state index in [-0.39, 0.29) is 12.2 Å².